The molecule has 0 spiro atoms. The summed E-state index contributed by atoms with van der Waals surface area (Å²) in [5.41, 5.74) is -2.72. The van der Waals surface area contributed by atoms with E-state index in [0.717, 1.165) is 18.2 Å². The van der Waals surface area contributed by atoms with Crippen molar-refractivity contribution < 1.29 is 37.4 Å². The maximum atomic E-state index is 13.1. The van der Waals surface area contributed by atoms with Crippen LogP contribution >= 0.6 is 0 Å². The van der Waals surface area contributed by atoms with Crippen molar-refractivity contribution in [3.63, 3.8) is 0 Å². The number of nitriles is 1. The lowest BCUT2D eigenvalue weighted by Gasteiger charge is -2.46. The zero-order chi connectivity index (χ0) is 26.7. The van der Waals surface area contributed by atoms with E-state index in [0.29, 0.717) is 0 Å². The van der Waals surface area contributed by atoms with Crippen LogP contribution in [0.1, 0.15) is 24.1 Å². The first-order valence-electron chi connectivity index (χ1n) is 10.3. The Labute approximate surface area is 203 Å². The number of hydrogen-bond donors (Lipinski definition) is 3. The summed E-state index contributed by atoms with van der Waals surface area (Å²) in [5, 5.41) is 37.2. The standard InChI is InChI=1S/C22H22F3N5O6/c1-21(19(34-2)35-3)18(31)17(15-10-14(30(32)33)7-8-16(15)36-21)29-20(27-11-26)28-13-6-4-5-12(9-13)22(23,24)25/h4-10,17-19,31H,1-3H3,(H2,27,28,29)/t17-,18+,21+/m1/s1. The molecule has 0 saturated heterocycles. The second-order valence-electron chi connectivity index (χ2n) is 7.90. The minimum absolute atomic E-state index is 0.0541. The number of alkyl halides is 3. The number of fused-ring (bicyclic) bond motifs is 1. The Kier molecular flexibility index (Phi) is 7.68. The molecule has 0 aromatic heterocycles. The Morgan fingerprint density at radius 3 is 2.58 bits per heavy atom. The summed E-state index contributed by atoms with van der Waals surface area (Å²) in [4.78, 5) is 14.3. The van der Waals surface area contributed by atoms with Crippen LogP contribution in [0.25, 0.3) is 0 Å². The molecule has 1 aliphatic heterocycles. The molecule has 2 aromatic rings. The molecular weight excluding hydrogens is 487 g/mol. The third-order valence-corrected chi connectivity index (χ3v) is 5.57. The van der Waals surface area contributed by atoms with Crippen molar-refractivity contribution in [1.82, 2.24) is 5.32 Å². The lowest BCUT2D eigenvalue weighted by atomic mass is 9.84. The second-order valence-corrected chi connectivity index (χ2v) is 7.90. The minimum Gasteiger partial charge on any atom is -0.479 e. The average molecular weight is 509 g/mol. The summed E-state index contributed by atoms with van der Waals surface area (Å²) < 4.78 is 55.9. The van der Waals surface area contributed by atoms with E-state index >= 15 is 0 Å². The first-order chi connectivity index (χ1) is 16.9. The number of hydrogen-bond acceptors (Lipinski definition) is 8. The number of nitrogens with zero attached hydrogens (tertiary/aromatic N) is 3. The predicted molar refractivity (Wildman–Crippen MR) is 120 cm³/mol. The SMILES string of the molecule is COC(OC)[C@@]1(C)Oc2ccc([N+](=O)[O-])cc2[C@@H](NC(=NC#N)Nc2cccc(C(F)(F)F)c2)[C@@H]1O. The van der Waals surface area contributed by atoms with E-state index in [2.05, 4.69) is 15.6 Å². The Balaban J connectivity index is 2.05. The maximum absolute atomic E-state index is 13.1. The average Bonchev–Trinajstić information content (AvgIpc) is 2.82. The summed E-state index contributed by atoms with van der Waals surface area (Å²) in [6.07, 6.45) is -5.69. The summed E-state index contributed by atoms with van der Waals surface area (Å²) in [7, 11) is 2.64. The van der Waals surface area contributed by atoms with Crippen LogP contribution < -0.4 is 15.4 Å². The maximum Gasteiger partial charge on any atom is 0.416 e. The van der Waals surface area contributed by atoms with Gasteiger partial charge in [-0.2, -0.15) is 18.4 Å². The van der Waals surface area contributed by atoms with Crippen molar-refractivity contribution in [2.45, 2.75) is 37.1 Å². The number of guanidine groups is 1. The third kappa shape index (κ3) is 5.33. The smallest absolute Gasteiger partial charge is 0.416 e. The lowest BCUT2D eigenvalue weighted by molar-refractivity contribution is -0.385. The fourth-order valence-corrected chi connectivity index (χ4v) is 3.90. The van der Waals surface area contributed by atoms with Gasteiger partial charge in [0, 0.05) is 37.6 Å². The van der Waals surface area contributed by atoms with Crippen molar-refractivity contribution in [1.29, 1.82) is 5.26 Å². The highest BCUT2D eigenvalue weighted by atomic mass is 19.4. The molecule has 0 radical (unpaired) electrons. The molecule has 3 rings (SSSR count). The van der Waals surface area contributed by atoms with Gasteiger partial charge >= 0.3 is 6.18 Å². The van der Waals surface area contributed by atoms with Gasteiger partial charge in [-0.05, 0) is 31.2 Å². The fraction of sp³-hybridized carbons (Fsp3) is 0.364. The number of nitro groups is 1. The van der Waals surface area contributed by atoms with Gasteiger partial charge in [0.1, 0.15) is 11.9 Å². The monoisotopic (exact) mass is 509 g/mol. The number of rotatable bonds is 6. The number of aliphatic hydroxyl groups is 1. The highest BCUT2D eigenvalue weighted by Crippen LogP contribution is 2.43. The van der Waals surface area contributed by atoms with E-state index in [1.54, 1.807) is 0 Å². The number of nitro benzene ring substituents is 1. The van der Waals surface area contributed by atoms with Crippen LogP contribution in [-0.4, -0.2) is 48.2 Å². The topological polar surface area (TPSA) is 151 Å². The van der Waals surface area contributed by atoms with Crippen LogP contribution in [-0.2, 0) is 15.7 Å². The number of benzene rings is 2. The first kappa shape index (κ1) is 26.7. The van der Waals surface area contributed by atoms with Crippen LogP contribution in [0, 0.1) is 21.6 Å². The molecule has 1 aliphatic rings. The minimum atomic E-state index is -4.61. The number of methoxy groups -OCH3 is 2. The van der Waals surface area contributed by atoms with Crippen LogP contribution in [0.4, 0.5) is 24.5 Å². The van der Waals surface area contributed by atoms with Gasteiger partial charge < -0.3 is 30.0 Å². The molecule has 36 heavy (non-hydrogen) atoms. The van der Waals surface area contributed by atoms with Crippen LogP contribution in [0.15, 0.2) is 47.5 Å². The summed E-state index contributed by atoms with van der Waals surface area (Å²) >= 11 is 0. The Morgan fingerprint density at radius 2 is 2.00 bits per heavy atom. The highest BCUT2D eigenvalue weighted by Gasteiger charge is 2.52. The number of ether oxygens (including phenoxy) is 3. The molecular formula is C22H22F3N5O6. The van der Waals surface area contributed by atoms with Gasteiger partial charge in [-0.1, -0.05) is 6.07 Å². The van der Waals surface area contributed by atoms with Crippen molar-refractivity contribution in [3.05, 3.63) is 63.7 Å². The van der Waals surface area contributed by atoms with Crippen molar-refractivity contribution in [3.8, 4) is 11.9 Å². The normalized spacial score (nSPS) is 21.8. The van der Waals surface area contributed by atoms with E-state index in [9.17, 15) is 28.4 Å². The largest absolute Gasteiger partial charge is 0.479 e. The molecule has 3 N–H and O–H groups in total. The van der Waals surface area contributed by atoms with E-state index in [1.165, 1.54) is 51.6 Å². The molecule has 1 heterocycles. The van der Waals surface area contributed by atoms with Crippen LogP contribution in [0.5, 0.6) is 5.75 Å². The molecule has 3 atom stereocenters. The quantitative estimate of drug-likeness (QED) is 0.133. The third-order valence-electron chi connectivity index (χ3n) is 5.57. The molecule has 0 aliphatic carbocycles. The summed E-state index contributed by atoms with van der Waals surface area (Å²) in [6, 6.07) is 6.66. The van der Waals surface area contributed by atoms with Gasteiger partial charge in [-0.25, -0.2) is 0 Å². The first-order valence-corrected chi connectivity index (χ1v) is 10.3. The van der Waals surface area contributed by atoms with Crippen molar-refractivity contribution in [2.75, 3.05) is 19.5 Å². The van der Waals surface area contributed by atoms with E-state index < -0.39 is 40.7 Å². The number of halogens is 3. The molecule has 0 unspecified atom stereocenters. The number of aliphatic imine (C=N–C) groups is 1. The van der Waals surface area contributed by atoms with Gasteiger partial charge in [0.2, 0.25) is 12.2 Å². The molecule has 0 amide bonds. The number of non-ortho nitro benzene ring substituents is 1. The molecule has 0 fully saturated rings. The molecule has 14 heteroatoms. The van der Waals surface area contributed by atoms with Gasteiger partial charge in [-0.15, -0.1) is 4.99 Å². The Bertz CT molecular complexity index is 1200. The Morgan fingerprint density at radius 1 is 1.31 bits per heavy atom. The lowest BCUT2D eigenvalue weighted by Crippen LogP contribution is -2.62. The zero-order valence-electron chi connectivity index (χ0n) is 19.2. The summed E-state index contributed by atoms with van der Waals surface area (Å²) in [5.74, 6) is -0.186. The second kappa shape index (κ2) is 10.4. The Hall–Kier alpha value is -3.93. The molecule has 192 valence electrons. The molecule has 0 saturated carbocycles. The highest BCUT2D eigenvalue weighted by molar-refractivity contribution is 5.94. The van der Waals surface area contributed by atoms with E-state index in [4.69, 9.17) is 19.5 Å². The van der Waals surface area contributed by atoms with E-state index in [1.807, 2.05) is 0 Å². The van der Waals surface area contributed by atoms with Gasteiger partial charge in [0.25, 0.3) is 5.69 Å². The van der Waals surface area contributed by atoms with E-state index in [-0.39, 0.29) is 28.6 Å². The van der Waals surface area contributed by atoms with Crippen LogP contribution in [0.3, 0.4) is 0 Å². The summed E-state index contributed by atoms with van der Waals surface area (Å²) in [6.45, 7) is 1.48. The number of aliphatic hydroxyl groups excluding tert-OH is 1. The zero-order valence-corrected chi connectivity index (χ0v) is 19.2. The van der Waals surface area contributed by atoms with Crippen molar-refractivity contribution >= 4 is 17.3 Å². The molecule has 0 bridgehead atoms. The predicted octanol–water partition coefficient (Wildman–Crippen LogP) is 3.32. The number of anilines is 1. The van der Waals surface area contributed by atoms with Gasteiger partial charge in [-0.3, -0.25) is 10.1 Å². The fourth-order valence-electron chi connectivity index (χ4n) is 3.90. The van der Waals surface area contributed by atoms with Gasteiger partial charge in [0.05, 0.1) is 16.5 Å². The molecule has 11 nitrogen and oxygen atoms in total. The van der Waals surface area contributed by atoms with Gasteiger partial charge in [0.15, 0.2) is 11.9 Å². The number of nitrogens with one attached hydrogen (secondary N) is 2. The van der Waals surface area contributed by atoms with Crippen molar-refractivity contribution in [2.24, 2.45) is 4.99 Å². The molecule has 2 aromatic carbocycles. The van der Waals surface area contributed by atoms with Crippen LogP contribution in [0.2, 0.25) is 0 Å².